The second-order valence-electron chi connectivity index (χ2n) is 22.7. The Labute approximate surface area is 378 Å². The second kappa shape index (κ2) is 15.6. The highest BCUT2D eigenvalue weighted by Gasteiger charge is 2.71. The van der Waals surface area contributed by atoms with Gasteiger partial charge in [0.15, 0.2) is 0 Å². The largest absolute Gasteiger partial charge is 0.481 e. The minimum absolute atomic E-state index is 0.00487. The van der Waals surface area contributed by atoms with Crippen molar-refractivity contribution in [2.45, 2.75) is 170 Å². The van der Waals surface area contributed by atoms with Gasteiger partial charge in [-0.15, -0.1) is 5.10 Å². The fourth-order valence-electron chi connectivity index (χ4n) is 15.5. The molecule has 346 valence electrons. The number of aliphatic carboxylic acids is 1. The molecule has 13 heteroatoms. The van der Waals surface area contributed by atoms with E-state index in [0.717, 1.165) is 69.8 Å². The predicted molar refractivity (Wildman–Crippen MR) is 240 cm³/mol. The van der Waals surface area contributed by atoms with Crippen LogP contribution in [-0.2, 0) is 37.9 Å². The van der Waals surface area contributed by atoms with Crippen LogP contribution >= 0.6 is 0 Å². The van der Waals surface area contributed by atoms with Gasteiger partial charge >= 0.3 is 5.97 Å². The molecule has 1 aromatic carbocycles. The van der Waals surface area contributed by atoms with E-state index in [1.165, 1.54) is 10.5 Å². The molecule has 3 heterocycles. The minimum Gasteiger partial charge on any atom is -0.481 e. The number of hydrogen-bond acceptors (Lipinski definition) is 8. The van der Waals surface area contributed by atoms with Crippen molar-refractivity contribution in [3.05, 3.63) is 52.9 Å². The number of aromatic nitrogens is 3. The number of fused-ring (bicyclic) bond motifs is 8. The summed E-state index contributed by atoms with van der Waals surface area (Å²) in [4.78, 5) is 65.3. The monoisotopic (exact) mass is 879 g/mol. The van der Waals surface area contributed by atoms with E-state index < -0.39 is 34.3 Å². The normalized spacial score (nSPS) is 38.8. The lowest BCUT2D eigenvalue weighted by atomic mass is 9.32. The summed E-state index contributed by atoms with van der Waals surface area (Å²) in [6.07, 6.45) is 15.4. The maximum Gasteiger partial charge on any atom is 0.310 e. The number of carbonyl (C=O) groups is 5. The average Bonchev–Trinajstić information content (AvgIpc) is 3.86. The molecular weight excluding hydrogens is 809 g/mol. The van der Waals surface area contributed by atoms with Crippen LogP contribution in [0.5, 0.6) is 0 Å². The molecule has 13 nitrogen and oxygen atoms in total. The van der Waals surface area contributed by atoms with Crippen molar-refractivity contribution in [2.75, 3.05) is 5.32 Å². The molecule has 0 spiro atoms. The van der Waals surface area contributed by atoms with E-state index in [9.17, 15) is 34.2 Å². The molecule has 1 unspecified atom stereocenters. The van der Waals surface area contributed by atoms with Crippen LogP contribution in [0.2, 0.25) is 0 Å². The van der Waals surface area contributed by atoms with Crippen LogP contribution in [0.3, 0.4) is 0 Å². The first kappa shape index (κ1) is 44.8. The van der Waals surface area contributed by atoms with Crippen molar-refractivity contribution >= 4 is 35.3 Å². The van der Waals surface area contributed by atoms with Gasteiger partial charge in [0.1, 0.15) is 17.3 Å². The molecule has 5 aliphatic carbocycles. The quantitative estimate of drug-likeness (QED) is 0.104. The first-order chi connectivity index (χ1) is 30.2. The Hall–Kier alpha value is -4.39. The van der Waals surface area contributed by atoms with Crippen LogP contribution in [-0.4, -0.2) is 65.7 Å². The molecule has 0 bridgehead atoms. The topological polar surface area (TPSA) is 184 Å². The summed E-state index contributed by atoms with van der Waals surface area (Å²) >= 11 is 0. The number of carboxylic acid groups (broad SMARTS) is 1. The van der Waals surface area contributed by atoms with Gasteiger partial charge in [-0.05, 0) is 135 Å². The number of benzene rings is 1. The first-order valence-corrected chi connectivity index (χ1v) is 24.4. The van der Waals surface area contributed by atoms with Gasteiger partial charge in [-0.2, -0.15) is 0 Å². The Bertz CT molecular complexity index is 2300. The third-order valence-corrected chi connectivity index (χ3v) is 19.7. The van der Waals surface area contributed by atoms with Crippen molar-refractivity contribution in [1.82, 2.24) is 25.2 Å². The van der Waals surface area contributed by atoms with E-state index >= 15 is 0 Å². The van der Waals surface area contributed by atoms with Gasteiger partial charge in [0.2, 0.25) is 17.7 Å². The number of piperidine rings is 1. The van der Waals surface area contributed by atoms with Crippen molar-refractivity contribution in [3.8, 4) is 0 Å². The van der Waals surface area contributed by atoms with Crippen LogP contribution in [0.15, 0.2) is 36.0 Å². The molecule has 1 saturated heterocycles. The number of nitrogens with one attached hydrogen (secondary N) is 2. The van der Waals surface area contributed by atoms with Gasteiger partial charge in [0.25, 0.3) is 5.91 Å². The van der Waals surface area contributed by atoms with E-state index in [1.807, 2.05) is 16.9 Å². The molecule has 4 amide bonds. The smallest absolute Gasteiger partial charge is 0.310 e. The molecule has 4 N–H and O–H groups in total. The maximum absolute atomic E-state index is 13.5. The summed E-state index contributed by atoms with van der Waals surface area (Å²) in [5.41, 5.74) is 1.35. The lowest BCUT2D eigenvalue weighted by molar-refractivity contribution is -0.240. The molecule has 11 atom stereocenters. The van der Waals surface area contributed by atoms with Gasteiger partial charge in [0.05, 0.1) is 22.9 Å². The molecule has 1 aromatic heterocycles. The molecule has 2 aromatic rings. The fourth-order valence-corrected chi connectivity index (χ4v) is 15.5. The lowest BCUT2D eigenvalue weighted by Gasteiger charge is -2.72. The first-order valence-electron chi connectivity index (χ1n) is 24.4. The number of carboxylic acids is 1. The van der Waals surface area contributed by atoms with Crippen molar-refractivity contribution in [1.29, 1.82) is 0 Å². The van der Waals surface area contributed by atoms with E-state index in [-0.39, 0.29) is 71.6 Å². The van der Waals surface area contributed by atoms with Crippen LogP contribution in [0.4, 0.5) is 5.69 Å². The Kier molecular flexibility index (Phi) is 10.9. The van der Waals surface area contributed by atoms with E-state index in [0.29, 0.717) is 54.1 Å². The van der Waals surface area contributed by atoms with Crippen LogP contribution in [0.1, 0.15) is 166 Å². The second-order valence-corrected chi connectivity index (χ2v) is 22.7. The number of aliphatic hydroxyl groups is 1. The van der Waals surface area contributed by atoms with Gasteiger partial charge in [-0.25, -0.2) is 0 Å². The van der Waals surface area contributed by atoms with Gasteiger partial charge in [-0.3, -0.25) is 34.0 Å². The molecule has 64 heavy (non-hydrogen) atoms. The maximum atomic E-state index is 13.5. The summed E-state index contributed by atoms with van der Waals surface area (Å²) < 4.78 is 1.82. The highest BCUT2D eigenvalue weighted by Crippen LogP contribution is 2.77. The number of unbranched alkanes of at least 4 members (excludes halogenated alkanes) is 2. The van der Waals surface area contributed by atoms with Gasteiger partial charge < -0.3 is 20.4 Å². The highest BCUT2D eigenvalue weighted by atomic mass is 16.4. The fraction of sp³-hybridized carbons (Fsp3) is 0.706. The average molecular weight is 879 g/mol. The van der Waals surface area contributed by atoms with Crippen molar-refractivity contribution in [3.63, 3.8) is 0 Å². The van der Waals surface area contributed by atoms with E-state index in [1.54, 1.807) is 12.1 Å². The van der Waals surface area contributed by atoms with Crippen molar-refractivity contribution in [2.24, 2.45) is 56.7 Å². The van der Waals surface area contributed by atoms with Crippen LogP contribution < -0.4 is 10.6 Å². The van der Waals surface area contributed by atoms with Gasteiger partial charge in [0, 0.05) is 31.3 Å². The number of allylic oxidation sites excluding steroid dienone is 2. The van der Waals surface area contributed by atoms with E-state index in [2.05, 4.69) is 75.5 Å². The third-order valence-electron chi connectivity index (χ3n) is 19.7. The highest BCUT2D eigenvalue weighted by molar-refractivity contribution is 6.09. The Morgan fingerprint density at radius 3 is 2.45 bits per heavy atom. The number of hydrogen-bond donors (Lipinski definition) is 4. The number of nitrogens with zero attached hydrogens (tertiary/aromatic N) is 4. The Balaban J connectivity index is 0.817. The molecule has 0 radical (unpaired) electrons. The Morgan fingerprint density at radius 2 is 1.70 bits per heavy atom. The molecule has 5 fully saturated rings. The summed E-state index contributed by atoms with van der Waals surface area (Å²) in [6, 6.07) is 4.61. The number of aryl methyl sites for hydroxylation is 1. The standard InChI is InChI=1S/C51H70N6O7/c1-30-19-22-50(45(62)63)25-24-48(6)33(42(50)31(30)2)15-17-37-47(5)23-26-51(64,46(3,4)36(47)20-21-49(37,48)7)38-29-56(55-54-38)27-10-8-9-14-39(58)52-34-13-11-12-32-28-57(44(61)41(32)34)35-16-18-40(59)53-43(35)60/h11-13,15,29-31,35-37,42,64H,8-10,14,16-28H2,1-7H3,(H,52,58)(H,62,63)(H,53,59,60)/t30-,31+,35?,36+,37-,42+,47+,48-,49-,50+,51-/m1/s1. The number of anilines is 1. The zero-order valence-corrected chi connectivity index (χ0v) is 39.1. The number of imide groups is 1. The van der Waals surface area contributed by atoms with Gasteiger partial charge in [-0.1, -0.05) is 83.9 Å². The number of amides is 4. The summed E-state index contributed by atoms with van der Waals surface area (Å²) in [7, 11) is 0. The number of carbonyl (C=O) groups excluding carboxylic acids is 4. The zero-order valence-electron chi connectivity index (χ0n) is 39.1. The lowest BCUT2D eigenvalue weighted by Crippen LogP contribution is -2.66. The summed E-state index contributed by atoms with van der Waals surface area (Å²) in [5.74, 6) is -0.281. The molecular formula is C51H70N6O7. The molecule has 2 aliphatic heterocycles. The molecule has 7 aliphatic rings. The number of rotatable bonds is 10. The van der Waals surface area contributed by atoms with Crippen LogP contribution in [0.25, 0.3) is 0 Å². The summed E-state index contributed by atoms with van der Waals surface area (Å²) in [5, 5.41) is 38.0. The summed E-state index contributed by atoms with van der Waals surface area (Å²) in [6.45, 7) is 17.5. The van der Waals surface area contributed by atoms with Crippen molar-refractivity contribution < 1.29 is 34.2 Å². The Morgan fingerprint density at radius 1 is 0.922 bits per heavy atom. The molecule has 4 saturated carbocycles. The van der Waals surface area contributed by atoms with E-state index in [4.69, 9.17) is 0 Å². The predicted octanol–water partition coefficient (Wildman–Crippen LogP) is 8.17. The minimum atomic E-state index is -1.14. The molecule has 9 rings (SSSR count). The zero-order chi connectivity index (χ0) is 45.8. The van der Waals surface area contributed by atoms with Crippen LogP contribution in [0, 0.1) is 56.7 Å². The third kappa shape index (κ3) is 6.49. The SMILES string of the molecule is C[C@H]1[C@H](C)CC[C@]2(C(=O)O)CC[C@]3(C)C(=CC[C@@H]4[C@@]5(C)CC[C@@](O)(c6cn(CCCCCC(=O)Nc7cccc8c7C(=O)N(C7CCC(=O)NC7=O)C8)nn6)C(C)(C)[C@@H]5CC[C@]43C)[C@H]12.